The van der Waals surface area contributed by atoms with Gasteiger partial charge in [0.2, 0.25) is 0 Å². The molecule has 8 heteroatoms. The first-order chi connectivity index (χ1) is 16.0. The number of piperazine rings is 1. The van der Waals surface area contributed by atoms with Gasteiger partial charge in [0.25, 0.3) is 0 Å². The molecule has 1 N–H and O–H groups in total. The van der Waals surface area contributed by atoms with Gasteiger partial charge in [0, 0.05) is 5.69 Å². The number of hydrogen-bond donors (Lipinski definition) is 1. The maximum atomic E-state index is 13.5. The summed E-state index contributed by atoms with van der Waals surface area (Å²) in [6.07, 6.45) is -4.36. The third kappa shape index (κ3) is 6.81. The Bertz CT molecular complexity index is 954. The molecular weight excluding hydrogens is 465 g/mol. The summed E-state index contributed by atoms with van der Waals surface area (Å²) in [7, 11) is 0. The van der Waals surface area contributed by atoms with Crippen LogP contribution >= 0.6 is 0 Å². The molecule has 4 nitrogen and oxygen atoms in total. The minimum atomic E-state index is -4.36. The average molecular weight is 493 g/mol. The van der Waals surface area contributed by atoms with E-state index in [1.165, 1.54) is 11.0 Å². The number of nitrogens with zero attached hydrogens (tertiary/aromatic N) is 1. The Kier molecular flexibility index (Phi) is 9.07. The van der Waals surface area contributed by atoms with Gasteiger partial charge in [-0.25, -0.2) is 0 Å². The van der Waals surface area contributed by atoms with Crippen LogP contribution in [0.2, 0.25) is 0 Å². The number of alkyl halides is 3. The van der Waals surface area contributed by atoms with E-state index >= 15 is 0 Å². The van der Waals surface area contributed by atoms with Crippen LogP contribution in [0.1, 0.15) is 5.56 Å². The molecule has 0 aliphatic carbocycles. The molecule has 4 rings (SSSR count). The number of halogens is 4. The lowest BCUT2D eigenvalue weighted by Crippen LogP contribution is -3.19. The molecule has 3 aromatic carbocycles. The Hall–Kier alpha value is -2.90. The summed E-state index contributed by atoms with van der Waals surface area (Å²) in [5.41, 5.74) is -0.327. The molecule has 3 aromatic rings. The van der Waals surface area contributed by atoms with E-state index in [9.17, 15) is 13.2 Å². The molecule has 0 amide bonds. The lowest BCUT2D eigenvalue weighted by atomic mass is 10.1. The van der Waals surface area contributed by atoms with E-state index in [1.807, 2.05) is 65.6 Å². The molecule has 0 spiro atoms. The molecule has 1 heterocycles. The fourth-order valence-corrected chi connectivity index (χ4v) is 4.14. The van der Waals surface area contributed by atoms with Crippen LogP contribution in [0.3, 0.4) is 0 Å². The molecule has 0 bridgehead atoms. The van der Waals surface area contributed by atoms with Crippen LogP contribution in [0, 0.1) is 0 Å². The number of nitrogens with one attached hydrogen (secondary N) is 1. The normalized spacial score (nSPS) is 14.5. The highest BCUT2D eigenvalue weighted by Crippen LogP contribution is 2.36. The number of ether oxygens (including phenoxy) is 2. The summed E-state index contributed by atoms with van der Waals surface area (Å²) in [5, 5.41) is 0. The monoisotopic (exact) mass is 492 g/mol. The van der Waals surface area contributed by atoms with Gasteiger partial charge < -0.3 is 31.7 Å². The van der Waals surface area contributed by atoms with E-state index in [-0.39, 0.29) is 24.1 Å². The first-order valence-corrected chi connectivity index (χ1v) is 11.1. The summed E-state index contributed by atoms with van der Waals surface area (Å²) in [6, 6.07) is 25.1. The summed E-state index contributed by atoms with van der Waals surface area (Å²) in [4.78, 5) is 3.10. The van der Waals surface area contributed by atoms with E-state index in [4.69, 9.17) is 9.47 Å². The van der Waals surface area contributed by atoms with Gasteiger partial charge in [-0.15, -0.1) is 0 Å². The summed E-state index contributed by atoms with van der Waals surface area (Å²) in [6.45, 7) is 3.40. The molecular formula is C26H28ClF3N2O2. The van der Waals surface area contributed by atoms with Gasteiger partial charge in [0.1, 0.15) is 24.7 Å². The van der Waals surface area contributed by atoms with Crippen LogP contribution < -0.4 is 31.7 Å². The Labute approximate surface area is 204 Å². The fourth-order valence-electron chi connectivity index (χ4n) is 4.14. The first kappa shape index (κ1) is 25.7. The summed E-state index contributed by atoms with van der Waals surface area (Å²) in [5.74, 6) is 1.58. The van der Waals surface area contributed by atoms with Gasteiger partial charge in [-0.3, -0.25) is 0 Å². The minimum Gasteiger partial charge on any atom is -1.00 e. The summed E-state index contributed by atoms with van der Waals surface area (Å²) < 4.78 is 52.4. The number of hydrogen-bond acceptors (Lipinski definition) is 3. The van der Waals surface area contributed by atoms with Crippen molar-refractivity contribution in [2.45, 2.75) is 12.2 Å². The maximum Gasteiger partial charge on any atom is 0.418 e. The van der Waals surface area contributed by atoms with Gasteiger partial charge >= 0.3 is 6.18 Å². The minimum absolute atomic E-state index is 0. The van der Waals surface area contributed by atoms with Gasteiger partial charge in [-0.2, -0.15) is 13.2 Å². The zero-order valence-corrected chi connectivity index (χ0v) is 19.4. The van der Waals surface area contributed by atoms with Crippen LogP contribution in [0.5, 0.6) is 11.5 Å². The topological polar surface area (TPSA) is 26.1 Å². The lowest BCUT2D eigenvalue weighted by molar-refractivity contribution is -0.926. The summed E-state index contributed by atoms with van der Waals surface area (Å²) >= 11 is 0. The molecule has 34 heavy (non-hydrogen) atoms. The van der Waals surface area contributed by atoms with Crippen LogP contribution in [0.15, 0.2) is 84.9 Å². The molecule has 1 aliphatic rings. The zero-order chi connectivity index (χ0) is 23.1. The highest BCUT2D eigenvalue weighted by Gasteiger charge is 2.36. The Morgan fingerprint density at radius 2 is 1.21 bits per heavy atom. The second-order valence-corrected chi connectivity index (χ2v) is 8.11. The van der Waals surface area contributed by atoms with Crippen molar-refractivity contribution < 1.29 is 40.0 Å². The molecule has 0 atom stereocenters. The number of benzene rings is 3. The van der Waals surface area contributed by atoms with Crippen molar-refractivity contribution >= 4 is 5.69 Å². The van der Waals surface area contributed by atoms with Gasteiger partial charge in [0.05, 0.1) is 31.7 Å². The van der Waals surface area contributed by atoms with E-state index in [0.29, 0.717) is 39.4 Å². The van der Waals surface area contributed by atoms with Gasteiger partial charge in [-0.05, 0) is 36.4 Å². The van der Waals surface area contributed by atoms with Crippen molar-refractivity contribution in [1.29, 1.82) is 0 Å². The van der Waals surface area contributed by atoms with Crippen LogP contribution in [0.25, 0.3) is 0 Å². The fraction of sp³-hybridized carbons (Fsp3) is 0.308. The second kappa shape index (κ2) is 12.0. The lowest BCUT2D eigenvalue weighted by Gasteiger charge is -2.38. The van der Waals surface area contributed by atoms with Crippen molar-refractivity contribution in [1.82, 2.24) is 0 Å². The molecule has 1 saturated heterocycles. The largest absolute Gasteiger partial charge is 1.00 e. The third-order valence-electron chi connectivity index (χ3n) is 5.92. The Balaban J connectivity index is 0.00000324. The van der Waals surface area contributed by atoms with Crippen molar-refractivity contribution in [3.8, 4) is 11.5 Å². The van der Waals surface area contributed by atoms with E-state index in [1.54, 1.807) is 12.1 Å². The van der Waals surface area contributed by atoms with Crippen molar-refractivity contribution in [2.75, 3.05) is 44.3 Å². The van der Waals surface area contributed by atoms with E-state index in [2.05, 4.69) is 0 Å². The number of anilines is 1. The van der Waals surface area contributed by atoms with Crippen molar-refractivity contribution in [3.05, 3.63) is 90.5 Å². The highest BCUT2D eigenvalue weighted by molar-refractivity contribution is 5.55. The van der Waals surface area contributed by atoms with Crippen molar-refractivity contribution in [2.24, 2.45) is 0 Å². The van der Waals surface area contributed by atoms with Crippen molar-refractivity contribution in [3.63, 3.8) is 0 Å². The molecule has 0 aromatic heterocycles. The zero-order valence-electron chi connectivity index (χ0n) is 18.7. The third-order valence-corrected chi connectivity index (χ3v) is 5.92. The molecule has 0 unspecified atom stereocenters. The number of para-hydroxylation sites is 3. The SMILES string of the molecule is FC(F)(F)c1ccccc1N1CC[NH+](C(COc2ccccc2)COc2ccccc2)CC1.[Cl-]. The predicted molar refractivity (Wildman–Crippen MR) is 122 cm³/mol. The quantitative estimate of drug-likeness (QED) is 0.507. The maximum absolute atomic E-state index is 13.5. The second-order valence-electron chi connectivity index (χ2n) is 8.11. The average Bonchev–Trinajstić information content (AvgIpc) is 2.85. The smallest absolute Gasteiger partial charge is 0.418 e. The number of rotatable bonds is 8. The Morgan fingerprint density at radius 1 is 0.735 bits per heavy atom. The van der Waals surface area contributed by atoms with E-state index in [0.717, 1.165) is 17.6 Å². The number of quaternary nitrogens is 1. The molecule has 182 valence electrons. The first-order valence-electron chi connectivity index (χ1n) is 11.1. The van der Waals surface area contributed by atoms with Gasteiger partial charge in [0.15, 0.2) is 6.04 Å². The van der Waals surface area contributed by atoms with Crippen LogP contribution in [0.4, 0.5) is 18.9 Å². The van der Waals surface area contributed by atoms with Crippen LogP contribution in [-0.2, 0) is 6.18 Å². The molecule has 0 radical (unpaired) electrons. The molecule has 0 saturated carbocycles. The highest BCUT2D eigenvalue weighted by atomic mass is 35.5. The standard InChI is InChI=1S/C26H27F3N2O2.ClH/c27-26(28,29)24-13-7-8-14-25(24)31-17-15-30(16-18-31)21(19-32-22-9-3-1-4-10-22)20-33-23-11-5-2-6-12-23;/h1-14,21H,15-20H2;1H. The van der Waals surface area contributed by atoms with E-state index < -0.39 is 11.7 Å². The predicted octanol–water partition coefficient (Wildman–Crippen LogP) is 0.941. The Morgan fingerprint density at radius 3 is 1.71 bits per heavy atom. The molecule has 1 fully saturated rings. The van der Waals surface area contributed by atoms with Gasteiger partial charge in [-0.1, -0.05) is 48.5 Å². The van der Waals surface area contributed by atoms with Crippen LogP contribution in [-0.4, -0.2) is 45.4 Å². The molecule has 1 aliphatic heterocycles.